The van der Waals surface area contributed by atoms with Crippen LogP contribution in [0.25, 0.3) is 0 Å². The van der Waals surface area contributed by atoms with Crippen LogP contribution < -0.4 is 0 Å². The molecule has 0 amide bonds. The molecular formula is C16H21NO2. The van der Waals surface area contributed by atoms with Crippen LogP contribution in [0.1, 0.15) is 18.4 Å². The van der Waals surface area contributed by atoms with Gasteiger partial charge in [-0.05, 0) is 24.9 Å². The average Bonchev–Trinajstić information content (AvgIpc) is 2.46. The van der Waals surface area contributed by atoms with Crippen LogP contribution in [0.2, 0.25) is 0 Å². The third kappa shape index (κ3) is 4.21. The number of benzene rings is 1. The third-order valence-corrected chi connectivity index (χ3v) is 3.43. The largest absolute Gasteiger partial charge is 0.461 e. The molecule has 3 heteroatoms. The van der Waals surface area contributed by atoms with Crippen LogP contribution in [-0.4, -0.2) is 30.6 Å². The van der Waals surface area contributed by atoms with E-state index in [4.69, 9.17) is 4.74 Å². The number of nitrogens with zero attached hydrogens (tertiary/aromatic N) is 1. The van der Waals surface area contributed by atoms with E-state index in [0.717, 1.165) is 32.5 Å². The summed E-state index contributed by atoms with van der Waals surface area (Å²) in [6, 6.07) is 10.4. The maximum absolute atomic E-state index is 11.9. The smallest absolute Gasteiger partial charge is 0.310 e. The quantitative estimate of drug-likeness (QED) is 0.601. The first kappa shape index (κ1) is 13.8. The minimum atomic E-state index is -0.0855. The van der Waals surface area contributed by atoms with E-state index in [9.17, 15) is 4.79 Å². The Bertz CT molecular complexity index is 416. The fourth-order valence-electron chi connectivity index (χ4n) is 2.49. The van der Waals surface area contributed by atoms with Crippen molar-refractivity contribution in [3.8, 4) is 0 Å². The minimum Gasteiger partial charge on any atom is -0.461 e. The first-order valence-electron chi connectivity index (χ1n) is 6.83. The Hall–Kier alpha value is -1.61. The zero-order valence-electron chi connectivity index (χ0n) is 11.3. The van der Waals surface area contributed by atoms with E-state index in [1.807, 2.05) is 6.07 Å². The predicted molar refractivity (Wildman–Crippen MR) is 75.6 cm³/mol. The van der Waals surface area contributed by atoms with Crippen molar-refractivity contribution in [2.45, 2.75) is 19.4 Å². The van der Waals surface area contributed by atoms with E-state index in [1.165, 1.54) is 5.56 Å². The van der Waals surface area contributed by atoms with Gasteiger partial charge in [0.1, 0.15) is 6.61 Å². The highest BCUT2D eigenvalue weighted by Crippen LogP contribution is 2.19. The number of carbonyl (C=O) groups is 1. The molecule has 2 rings (SSSR count). The summed E-state index contributed by atoms with van der Waals surface area (Å²) in [6.07, 6.45) is 3.60. The van der Waals surface area contributed by atoms with Crippen LogP contribution in [0, 0.1) is 5.92 Å². The van der Waals surface area contributed by atoms with Crippen molar-refractivity contribution in [1.29, 1.82) is 0 Å². The molecule has 1 heterocycles. The lowest BCUT2D eigenvalue weighted by Crippen LogP contribution is -2.38. The van der Waals surface area contributed by atoms with Crippen molar-refractivity contribution in [3.63, 3.8) is 0 Å². The highest BCUT2D eigenvalue weighted by Gasteiger charge is 2.26. The zero-order valence-corrected chi connectivity index (χ0v) is 11.3. The second-order valence-corrected chi connectivity index (χ2v) is 4.98. The molecule has 1 unspecified atom stereocenters. The van der Waals surface area contributed by atoms with Crippen molar-refractivity contribution in [1.82, 2.24) is 4.90 Å². The highest BCUT2D eigenvalue weighted by atomic mass is 16.5. The molecule has 0 aliphatic carbocycles. The molecule has 102 valence electrons. The number of hydrogen-bond donors (Lipinski definition) is 0. The second kappa shape index (κ2) is 7.10. The van der Waals surface area contributed by atoms with Crippen LogP contribution in [0.4, 0.5) is 0 Å². The first-order valence-corrected chi connectivity index (χ1v) is 6.83. The van der Waals surface area contributed by atoms with Crippen LogP contribution in [0.5, 0.6) is 0 Å². The molecule has 0 saturated carbocycles. The van der Waals surface area contributed by atoms with Crippen LogP contribution in [0.3, 0.4) is 0 Å². The van der Waals surface area contributed by atoms with Crippen molar-refractivity contribution in [2.24, 2.45) is 5.92 Å². The average molecular weight is 259 g/mol. The van der Waals surface area contributed by atoms with Gasteiger partial charge in [0.05, 0.1) is 5.92 Å². The lowest BCUT2D eigenvalue weighted by atomic mass is 9.98. The number of hydrogen-bond acceptors (Lipinski definition) is 3. The van der Waals surface area contributed by atoms with Gasteiger partial charge in [-0.1, -0.05) is 43.0 Å². The normalized spacial score (nSPS) is 19.9. The molecule has 0 bridgehead atoms. The maximum Gasteiger partial charge on any atom is 0.310 e. The molecule has 1 aromatic rings. The van der Waals surface area contributed by atoms with Gasteiger partial charge < -0.3 is 4.74 Å². The fraction of sp³-hybridized carbons (Fsp3) is 0.438. The van der Waals surface area contributed by atoms with Crippen LogP contribution in [-0.2, 0) is 16.1 Å². The van der Waals surface area contributed by atoms with Crippen molar-refractivity contribution >= 4 is 5.97 Å². The van der Waals surface area contributed by atoms with E-state index < -0.39 is 0 Å². The Labute approximate surface area is 114 Å². The molecule has 1 aliphatic rings. The number of carbonyl (C=O) groups excluding carboxylic acids is 1. The third-order valence-electron chi connectivity index (χ3n) is 3.43. The molecule has 3 nitrogen and oxygen atoms in total. The van der Waals surface area contributed by atoms with Gasteiger partial charge in [-0.2, -0.15) is 0 Å². The molecule has 0 N–H and O–H groups in total. The number of piperidine rings is 1. The van der Waals surface area contributed by atoms with Gasteiger partial charge in [0.25, 0.3) is 0 Å². The Morgan fingerprint density at radius 3 is 2.95 bits per heavy atom. The molecule has 0 aromatic heterocycles. The van der Waals surface area contributed by atoms with Crippen molar-refractivity contribution in [2.75, 3.05) is 19.7 Å². The summed E-state index contributed by atoms with van der Waals surface area (Å²) < 4.78 is 5.15. The zero-order chi connectivity index (χ0) is 13.5. The van der Waals surface area contributed by atoms with Gasteiger partial charge in [-0.25, -0.2) is 0 Å². The molecule has 0 radical (unpaired) electrons. The van der Waals surface area contributed by atoms with Gasteiger partial charge in [-0.15, -0.1) is 0 Å². The predicted octanol–water partition coefficient (Wildman–Crippen LogP) is 2.63. The number of rotatable bonds is 5. The molecule has 1 fully saturated rings. The summed E-state index contributed by atoms with van der Waals surface area (Å²) in [7, 11) is 0. The summed E-state index contributed by atoms with van der Waals surface area (Å²) in [6.45, 7) is 6.64. The fourth-order valence-corrected chi connectivity index (χ4v) is 2.49. The van der Waals surface area contributed by atoms with E-state index in [0.29, 0.717) is 6.61 Å². The van der Waals surface area contributed by atoms with Gasteiger partial charge >= 0.3 is 5.97 Å². The summed E-state index contributed by atoms with van der Waals surface area (Å²) >= 11 is 0. The highest BCUT2D eigenvalue weighted by molar-refractivity contribution is 5.72. The Balaban J connectivity index is 1.86. The Morgan fingerprint density at radius 2 is 2.21 bits per heavy atom. The summed E-state index contributed by atoms with van der Waals surface area (Å²) in [4.78, 5) is 14.2. The SMILES string of the molecule is C=CCOC(=O)C1CCCN(Cc2ccccc2)C1. The number of ether oxygens (including phenoxy) is 1. The molecule has 1 aliphatic heterocycles. The van der Waals surface area contributed by atoms with E-state index in [-0.39, 0.29) is 11.9 Å². The first-order chi connectivity index (χ1) is 9.29. The summed E-state index contributed by atoms with van der Waals surface area (Å²) in [5, 5.41) is 0. The lowest BCUT2D eigenvalue weighted by molar-refractivity contribution is -0.149. The van der Waals surface area contributed by atoms with Gasteiger partial charge in [0.2, 0.25) is 0 Å². The van der Waals surface area contributed by atoms with Gasteiger partial charge in [0, 0.05) is 13.1 Å². The van der Waals surface area contributed by atoms with Gasteiger partial charge in [-0.3, -0.25) is 9.69 Å². The van der Waals surface area contributed by atoms with Crippen molar-refractivity contribution in [3.05, 3.63) is 48.6 Å². The molecule has 1 saturated heterocycles. The minimum absolute atomic E-state index is 0.0115. The van der Waals surface area contributed by atoms with Crippen LogP contribution >= 0.6 is 0 Å². The Kier molecular flexibility index (Phi) is 5.16. The van der Waals surface area contributed by atoms with Crippen molar-refractivity contribution < 1.29 is 9.53 Å². The monoisotopic (exact) mass is 259 g/mol. The lowest BCUT2D eigenvalue weighted by Gasteiger charge is -2.31. The van der Waals surface area contributed by atoms with E-state index >= 15 is 0 Å². The summed E-state index contributed by atoms with van der Waals surface area (Å²) in [5.74, 6) is -0.0740. The van der Waals surface area contributed by atoms with E-state index in [1.54, 1.807) is 6.08 Å². The molecular weight excluding hydrogens is 238 g/mol. The van der Waals surface area contributed by atoms with Gasteiger partial charge in [0.15, 0.2) is 0 Å². The standard InChI is InChI=1S/C16H21NO2/c1-2-11-19-16(18)15-9-6-10-17(13-15)12-14-7-4-3-5-8-14/h2-5,7-8,15H,1,6,9-13H2. The number of likely N-dealkylation sites (tertiary alicyclic amines) is 1. The topological polar surface area (TPSA) is 29.5 Å². The number of esters is 1. The summed E-state index contributed by atoms with van der Waals surface area (Å²) in [5.41, 5.74) is 1.29. The molecule has 1 aromatic carbocycles. The molecule has 1 atom stereocenters. The van der Waals surface area contributed by atoms with Crippen LogP contribution in [0.15, 0.2) is 43.0 Å². The maximum atomic E-state index is 11.9. The Morgan fingerprint density at radius 1 is 1.42 bits per heavy atom. The molecule has 19 heavy (non-hydrogen) atoms. The second-order valence-electron chi connectivity index (χ2n) is 4.98. The molecule has 0 spiro atoms. The van der Waals surface area contributed by atoms with E-state index in [2.05, 4.69) is 35.7 Å².